The minimum atomic E-state index is -2.82. The number of aromatic amines is 1. The van der Waals surface area contributed by atoms with E-state index in [1.54, 1.807) is 0 Å². The molecule has 178 valence electrons. The van der Waals surface area contributed by atoms with Crippen molar-refractivity contribution < 1.29 is 14.3 Å². The maximum Gasteiger partial charge on any atom is 0.330 e. The Bertz CT molecular complexity index is 1220. The van der Waals surface area contributed by atoms with Gasteiger partial charge < -0.3 is 14.3 Å². The highest BCUT2D eigenvalue weighted by Crippen LogP contribution is 2.38. The number of ether oxygens (including phenoxy) is 1. The van der Waals surface area contributed by atoms with Crippen LogP contribution < -0.4 is 21.6 Å². The fourth-order valence-electron chi connectivity index (χ4n) is 4.67. The van der Waals surface area contributed by atoms with Crippen molar-refractivity contribution in [3.8, 4) is 0 Å². The molecule has 4 rings (SSSR count). The van der Waals surface area contributed by atoms with Gasteiger partial charge in [0, 0.05) is 17.8 Å². The Balaban J connectivity index is 1.69. The van der Waals surface area contributed by atoms with E-state index in [9.17, 15) is 14.7 Å². The Morgan fingerprint density at radius 2 is 1.59 bits per heavy atom. The SMILES string of the molecule is C=C1[C@H](n2ccc(=O)[nH]c2=O)O[C@H](CO[Si](c2ccccc2)(c2ccccc2)C(C)(C)C)[C@H]1O. The Morgan fingerprint density at radius 1 is 1.03 bits per heavy atom. The number of benzene rings is 2. The summed E-state index contributed by atoms with van der Waals surface area (Å²) in [5.74, 6) is 0. The molecule has 2 aromatic carbocycles. The quantitative estimate of drug-likeness (QED) is 0.417. The number of hydrogen-bond acceptors (Lipinski definition) is 5. The molecule has 0 bridgehead atoms. The Hall–Kier alpha value is -3.04. The zero-order valence-electron chi connectivity index (χ0n) is 19.6. The summed E-state index contributed by atoms with van der Waals surface area (Å²) < 4.78 is 14.1. The fourth-order valence-corrected chi connectivity index (χ4v) is 9.24. The molecule has 0 amide bonds. The molecule has 8 heteroatoms. The first-order valence-corrected chi connectivity index (χ1v) is 13.1. The van der Waals surface area contributed by atoms with Crippen LogP contribution in [0, 0.1) is 0 Å². The van der Waals surface area contributed by atoms with Gasteiger partial charge in [0.15, 0.2) is 6.23 Å². The van der Waals surface area contributed by atoms with Crippen LogP contribution in [0.2, 0.25) is 5.04 Å². The predicted molar refractivity (Wildman–Crippen MR) is 134 cm³/mol. The average Bonchev–Trinajstić information content (AvgIpc) is 3.08. The molecular weight excluding hydrogens is 448 g/mol. The summed E-state index contributed by atoms with van der Waals surface area (Å²) in [6.45, 7) is 10.6. The second-order valence-electron chi connectivity index (χ2n) is 9.54. The third kappa shape index (κ3) is 4.25. The van der Waals surface area contributed by atoms with Gasteiger partial charge >= 0.3 is 5.69 Å². The van der Waals surface area contributed by atoms with E-state index in [0.29, 0.717) is 5.57 Å². The van der Waals surface area contributed by atoms with Crippen LogP contribution in [0.15, 0.2) is 94.7 Å². The number of aliphatic hydroxyl groups excluding tert-OH is 1. The zero-order valence-corrected chi connectivity index (χ0v) is 20.6. The molecule has 0 aliphatic carbocycles. The number of nitrogens with zero attached hydrogens (tertiary/aromatic N) is 1. The van der Waals surface area contributed by atoms with E-state index in [1.165, 1.54) is 16.8 Å². The smallest absolute Gasteiger partial charge is 0.330 e. The number of aliphatic hydroxyl groups is 1. The molecule has 1 aliphatic heterocycles. The third-order valence-corrected chi connectivity index (χ3v) is 11.3. The Morgan fingerprint density at radius 3 is 2.09 bits per heavy atom. The molecule has 3 aromatic rings. The lowest BCUT2D eigenvalue weighted by atomic mass is 10.1. The Kier molecular flexibility index (Phi) is 6.59. The molecular formula is C26H30N2O5Si. The van der Waals surface area contributed by atoms with Gasteiger partial charge in [0.2, 0.25) is 0 Å². The van der Waals surface area contributed by atoms with E-state index in [-0.39, 0.29) is 11.6 Å². The summed E-state index contributed by atoms with van der Waals surface area (Å²) in [6, 6.07) is 21.6. The number of rotatable bonds is 6. The van der Waals surface area contributed by atoms with Gasteiger partial charge in [-0.1, -0.05) is 88.0 Å². The largest absolute Gasteiger partial charge is 0.405 e. The summed E-state index contributed by atoms with van der Waals surface area (Å²) in [6.07, 6.45) is -1.30. The highest BCUT2D eigenvalue weighted by atomic mass is 28.4. The standard InChI is InChI=1S/C26H30N2O5Si/c1-18-23(30)21(33-24(18)28-16-15-22(29)27-25(28)31)17-32-34(26(2,3)4,19-11-7-5-8-12-19)20-13-9-6-10-14-20/h5-16,21,23-24,30H,1,17H2,2-4H3,(H,27,29,31)/t21-,23+,24-/m1/s1. The number of hydrogen-bond donors (Lipinski definition) is 2. The van der Waals surface area contributed by atoms with Crippen molar-refractivity contribution in [1.82, 2.24) is 9.55 Å². The van der Waals surface area contributed by atoms with E-state index in [1.807, 2.05) is 36.4 Å². The monoisotopic (exact) mass is 478 g/mol. The van der Waals surface area contributed by atoms with Crippen molar-refractivity contribution in [2.75, 3.05) is 6.61 Å². The second kappa shape index (κ2) is 9.30. The molecule has 0 unspecified atom stereocenters. The lowest BCUT2D eigenvalue weighted by molar-refractivity contribution is -0.0414. The topological polar surface area (TPSA) is 93.6 Å². The van der Waals surface area contributed by atoms with Gasteiger partial charge in [-0.3, -0.25) is 14.3 Å². The molecule has 0 spiro atoms. The predicted octanol–water partition coefficient (Wildman–Crippen LogP) is 1.93. The van der Waals surface area contributed by atoms with Gasteiger partial charge in [-0.05, 0) is 15.4 Å². The minimum absolute atomic E-state index is 0.113. The molecule has 2 N–H and O–H groups in total. The highest BCUT2D eigenvalue weighted by molar-refractivity contribution is 6.99. The first-order valence-electron chi connectivity index (χ1n) is 11.2. The number of nitrogens with one attached hydrogen (secondary N) is 1. The average molecular weight is 479 g/mol. The van der Waals surface area contributed by atoms with Crippen molar-refractivity contribution in [3.05, 3.63) is 106 Å². The van der Waals surface area contributed by atoms with Crippen molar-refractivity contribution >= 4 is 18.7 Å². The summed E-state index contributed by atoms with van der Waals surface area (Å²) in [7, 11) is -2.82. The molecule has 2 heterocycles. The van der Waals surface area contributed by atoms with Crippen molar-refractivity contribution in [2.45, 2.75) is 44.2 Å². The molecule has 1 saturated heterocycles. The van der Waals surface area contributed by atoms with Gasteiger partial charge in [0.25, 0.3) is 13.9 Å². The highest BCUT2D eigenvalue weighted by Gasteiger charge is 2.51. The first kappa shape index (κ1) is 24.1. The first-order chi connectivity index (χ1) is 16.1. The van der Waals surface area contributed by atoms with Gasteiger partial charge in [-0.2, -0.15) is 0 Å². The third-order valence-electron chi connectivity index (χ3n) is 6.34. The van der Waals surface area contributed by atoms with E-state index in [2.05, 4.69) is 56.6 Å². The summed E-state index contributed by atoms with van der Waals surface area (Å²) >= 11 is 0. The molecule has 0 saturated carbocycles. The molecule has 1 aromatic heterocycles. The lowest BCUT2D eigenvalue weighted by Gasteiger charge is -2.43. The van der Waals surface area contributed by atoms with Crippen LogP contribution >= 0.6 is 0 Å². The van der Waals surface area contributed by atoms with Crippen molar-refractivity contribution in [2.24, 2.45) is 0 Å². The molecule has 1 fully saturated rings. The van der Waals surface area contributed by atoms with Crippen LogP contribution in [0.1, 0.15) is 27.0 Å². The lowest BCUT2D eigenvalue weighted by Crippen LogP contribution is -2.67. The van der Waals surface area contributed by atoms with Gasteiger partial charge in [-0.15, -0.1) is 0 Å². The maximum atomic E-state index is 12.3. The Labute approximate surface area is 199 Å². The second-order valence-corrected chi connectivity index (χ2v) is 13.8. The number of aromatic nitrogens is 2. The van der Waals surface area contributed by atoms with Gasteiger partial charge in [0.05, 0.1) is 6.61 Å². The summed E-state index contributed by atoms with van der Waals surface area (Å²) in [5.41, 5.74) is -0.790. The van der Waals surface area contributed by atoms with Crippen LogP contribution in [-0.4, -0.2) is 41.8 Å². The fraction of sp³-hybridized carbons (Fsp3) is 0.308. The van der Waals surface area contributed by atoms with Crippen LogP contribution in [0.4, 0.5) is 0 Å². The molecule has 1 aliphatic rings. The van der Waals surface area contributed by atoms with Crippen LogP contribution in [0.5, 0.6) is 0 Å². The number of H-pyrrole nitrogens is 1. The molecule has 7 nitrogen and oxygen atoms in total. The maximum absolute atomic E-state index is 12.3. The van der Waals surface area contributed by atoms with Crippen LogP contribution in [-0.2, 0) is 9.16 Å². The molecule has 3 atom stereocenters. The van der Waals surface area contributed by atoms with E-state index in [4.69, 9.17) is 9.16 Å². The zero-order chi connectivity index (χ0) is 24.5. The minimum Gasteiger partial charge on any atom is -0.405 e. The van der Waals surface area contributed by atoms with Crippen molar-refractivity contribution in [1.29, 1.82) is 0 Å². The van der Waals surface area contributed by atoms with Crippen molar-refractivity contribution in [3.63, 3.8) is 0 Å². The normalized spacial score (nSPS) is 21.1. The summed E-state index contributed by atoms with van der Waals surface area (Å²) in [4.78, 5) is 25.9. The van der Waals surface area contributed by atoms with Gasteiger partial charge in [0.1, 0.15) is 12.2 Å². The molecule has 34 heavy (non-hydrogen) atoms. The van der Waals surface area contributed by atoms with Crippen LogP contribution in [0.3, 0.4) is 0 Å². The van der Waals surface area contributed by atoms with Crippen LogP contribution in [0.25, 0.3) is 0 Å². The summed E-state index contributed by atoms with van der Waals surface area (Å²) in [5, 5.41) is 12.9. The van der Waals surface area contributed by atoms with Gasteiger partial charge in [-0.25, -0.2) is 4.79 Å². The molecule has 0 radical (unpaired) electrons. The van der Waals surface area contributed by atoms with E-state index in [0.717, 1.165) is 10.4 Å². The van der Waals surface area contributed by atoms with E-state index >= 15 is 0 Å². The van der Waals surface area contributed by atoms with E-state index < -0.39 is 38.0 Å².